The van der Waals surface area contributed by atoms with Gasteiger partial charge in [-0.3, -0.25) is 9.89 Å². The van der Waals surface area contributed by atoms with Crippen LogP contribution in [-0.2, 0) is 16.9 Å². The number of nitrogens with zero attached hydrogens (tertiary/aromatic N) is 2. The molecule has 1 aliphatic carbocycles. The first kappa shape index (κ1) is 25.2. The van der Waals surface area contributed by atoms with E-state index in [9.17, 15) is 22.8 Å². The second-order valence-electron chi connectivity index (χ2n) is 10.2. The number of benzene rings is 1. The molecule has 1 aromatic heterocycles. The van der Waals surface area contributed by atoms with Gasteiger partial charge in [0.1, 0.15) is 0 Å². The molecule has 2 aliphatic rings. The number of para-hydroxylation sites is 2. The van der Waals surface area contributed by atoms with Gasteiger partial charge < -0.3 is 20.3 Å². The van der Waals surface area contributed by atoms with Crippen molar-refractivity contribution in [3.8, 4) is 5.75 Å². The summed E-state index contributed by atoms with van der Waals surface area (Å²) in [5, 5.41) is 12.8. The third-order valence-electron chi connectivity index (χ3n) is 7.05. The Morgan fingerprint density at radius 1 is 1.14 bits per heavy atom. The summed E-state index contributed by atoms with van der Waals surface area (Å²) < 4.78 is 41.9. The zero-order valence-electron chi connectivity index (χ0n) is 20.3. The molecular formula is C23H30F3N5O3S. The fourth-order valence-electron chi connectivity index (χ4n) is 4.75. The molecule has 2 aromatic rings. The van der Waals surface area contributed by atoms with Gasteiger partial charge >= 0.3 is 12.4 Å². The molecule has 1 fully saturated rings. The van der Waals surface area contributed by atoms with Crippen LogP contribution < -0.4 is 15.4 Å². The third-order valence-corrected chi connectivity index (χ3v) is 9.99. The molecule has 0 radical (unpaired) electrons. The van der Waals surface area contributed by atoms with Gasteiger partial charge in [-0.1, -0.05) is 12.1 Å². The van der Waals surface area contributed by atoms with Gasteiger partial charge in [0.05, 0.1) is 28.2 Å². The number of hydrogen-bond donors (Lipinski definition) is 3. The quantitative estimate of drug-likeness (QED) is 0.515. The van der Waals surface area contributed by atoms with Crippen LogP contribution in [0, 0.1) is 0 Å². The molecule has 0 spiro atoms. The smallest absolute Gasteiger partial charge is 0.404 e. The second-order valence-corrected chi connectivity index (χ2v) is 14.6. The van der Waals surface area contributed by atoms with Crippen LogP contribution in [0.4, 0.5) is 29.5 Å². The van der Waals surface area contributed by atoms with E-state index < -0.39 is 38.5 Å². The lowest BCUT2D eigenvalue weighted by molar-refractivity contribution is -0.274. The fourth-order valence-corrected chi connectivity index (χ4v) is 6.87. The molecule has 35 heavy (non-hydrogen) atoms. The minimum atomic E-state index is -4.89. The molecule has 1 saturated carbocycles. The average molecular weight is 514 g/mol. The zero-order valence-corrected chi connectivity index (χ0v) is 21.1. The summed E-state index contributed by atoms with van der Waals surface area (Å²) in [5.41, 5.74) is 0.386. The molecule has 0 unspecified atom stereocenters. The summed E-state index contributed by atoms with van der Waals surface area (Å²) in [6.07, 6.45) is 4.20. The van der Waals surface area contributed by atoms with Crippen molar-refractivity contribution in [3.05, 3.63) is 35.5 Å². The van der Waals surface area contributed by atoms with Crippen molar-refractivity contribution < 1.29 is 27.5 Å². The Labute approximate surface area is 203 Å². The molecule has 12 heteroatoms. The fraction of sp³-hybridized carbons (Fsp3) is 0.522. The Kier molecular flexibility index (Phi) is 6.02. The first-order valence-electron chi connectivity index (χ1n) is 11.2. The molecule has 8 nitrogen and oxygen atoms in total. The number of aromatic nitrogens is 2. The number of fused-ring (bicyclic) bond motifs is 1. The lowest BCUT2D eigenvalue weighted by Crippen LogP contribution is -2.51. The topological polar surface area (TPSA) is 99.4 Å². The first-order chi connectivity index (χ1) is 16.2. The molecule has 0 atom stereocenters. The summed E-state index contributed by atoms with van der Waals surface area (Å²) in [6, 6.07) is 4.75. The van der Waals surface area contributed by atoms with E-state index in [0.717, 1.165) is 25.3 Å². The molecule has 1 aromatic carbocycles. The number of urea groups is 1. The lowest BCUT2D eigenvalue weighted by atomic mass is 9.83. The van der Waals surface area contributed by atoms with Gasteiger partial charge in [0.2, 0.25) is 5.91 Å². The summed E-state index contributed by atoms with van der Waals surface area (Å²) in [6.45, 7) is 3.72. The molecule has 1 aliphatic heterocycles. The van der Waals surface area contributed by atoms with Crippen LogP contribution in [-0.4, -0.2) is 56.9 Å². The molecule has 0 bridgehead atoms. The predicted octanol–water partition coefficient (Wildman–Crippen LogP) is 5.15. The molecule has 4 rings (SSSR count). The summed E-state index contributed by atoms with van der Waals surface area (Å²) in [7, 11) is -1.16. The van der Waals surface area contributed by atoms with E-state index in [1.807, 2.05) is 0 Å². The van der Waals surface area contributed by atoms with Crippen molar-refractivity contribution in [3.63, 3.8) is 0 Å². The molecule has 2 heterocycles. The minimum absolute atomic E-state index is 0.0560. The van der Waals surface area contributed by atoms with Crippen molar-refractivity contribution in [2.45, 2.75) is 56.3 Å². The van der Waals surface area contributed by atoms with Gasteiger partial charge in [-0.2, -0.15) is 5.10 Å². The molecule has 3 N–H and O–H groups in total. The predicted molar refractivity (Wildman–Crippen MR) is 130 cm³/mol. The number of nitrogens with one attached hydrogen (secondary N) is 3. The van der Waals surface area contributed by atoms with Crippen LogP contribution in [0.1, 0.15) is 44.4 Å². The number of rotatable bonds is 5. The highest BCUT2D eigenvalue weighted by molar-refractivity contribution is 8.33. The number of carbonyl (C=O) groups excluding carboxylic acids is 2. The highest BCUT2D eigenvalue weighted by atomic mass is 32.3. The third kappa shape index (κ3) is 4.43. The van der Waals surface area contributed by atoms with Crippen molar-refractivity contribution in [1.82, 2.24) is 15.1 Å². The maximum absolute atomic E-state index is 13.3. The number of halogens is 3. The molecule has 0 saturated heterocycles. The molecular weight excluding hydrogens is 483 g/mol. The number of amides is 3. The number of anilines is 2. The van der Waals surface area contributed by atoms with Crippen molar-refractivity contribution in [1.29, 1.82) is 0 Å². The summed E-state index contributed by atoms with van der Waals surface area (Å²) in [4.78, 5) is 27.9. The molecule has 192 valence electrons. The Morgan fingerprint density at radius 2 is 1.80 bits per heavy atom. The lowest BCUT2D eigenvalue weighted by Gasteiger charge is -2.53. The monoisotopic (exact) mass is 513 g/mol. The number of carbonyl (C=O) groups is 2. The standard InChI is InChI=1S/C23H30F3N5O3S/c1-21(2)17-14(18(30-29-17)28-19(32)22(11-8-12-22)35(3,4)5)13-31(21)20(33)27-15-9-6-7-10-16(15)34-23(24,25)26/h6-7,9-10H,8,11-13H2,1-5H3,(H,27,33)(H2,28,29,30,32). The number of aromatic amines is 1. The van der Waals surface area contributed by atoms with Crippen molar-refractivity contribution in [2.24, 2.45) is 0 Å². The van der Waals surface area contributed by atoms with E-state index in [-0.39, 0.29) is 18.1 Å². The van der Waals surface area contributed by atoms with Gasteiger partial charge in [-0.05, 0) is 64.0 Å². The Hall–Kier alpha value is -2.89. The van der Waals surface area contributed by atoms with Crippen LogP contribution in [0.2, 0.25) is 0 Å². The van der Waals surface area contributed by atoms with Gasteiger partial charge in [-0.15, -0.1) is 13.2 Å². The Morgan fingerprint density at radius 3 is 2.37 bits per heavy atom. The van der Waals surface area contributed by atoms with Crippen molar-refractivity contribution >= 4 is 33.5 Å². The summed E-state index contributed by atoms with van der Waals surface area (Å²) >= 11 is 0. The van der Waals surface area contributed by atoms with Gasteiger partial charge in [-0.25, -0.2) is 14.8 Å². The van der Waals surface area contributed by atoms with E-state index in [1.165, 1.54) is 23.1 Å². The number of hydrogen-bond acceptors (Lipinski definition) is 4. The molecule has 3 amide bonds. The van der Waals surface area contributed by atoms with Gasteiger partial charge in [0, 0.05) is 5.56 Å². The number of ether oxygens (including phenoxy) is 1. The van der Waals surface area contributed by atoms with Gasteiger partial charge in [0.25, 0.3) is 0 Å². The highest BCUT2D eigenvalue weighted by Gasteiger charge is 2.51. The van der Waals surface area contributed by atoms with Crippen LogP contribution in [0.5, 0.6) is 5.75 Å². The normalized spacial score (nSPS) is 18.9. The Bertz CT molecular complexity index is 1150. The van der Waals surface area contributed by atoms with Crippen molar-refractivity contribution in [2.75, 3.05) is 29.4 Å². The maximum Gasteiger partial charge on any atom is 0.573 e. The van der Waals surface area contributed by atoms with E-state index >= 15 is 0 Å². The number of alkyl halides is 3. The minimum Gasteiger partial charge on any atom is -0.404 e. The van der Waals surface area contributed by atoms with Crippen LogP contribution in [0.15, 0.2) is 24.3 Å². The summed E-state index contributed by atoms with van der Waals surface area (Å²) in [5.74, 6) is -0.183. The zero-order chi connectivity index (χ0) is 25.8. The second kappa shape index (κ2) is 8.35. The largest absolute Gasteiger partial charge is 0.573 e. The van der Waals surface area contributed by atoms with E-state index in [2.05, 4.69) is 44.3 Å². The van der Waals surface area contributed by atoms with E-state index in [0.29, 0.717) is 17.1 Å². The first-order valence-corrected chi connectivity index (χ1v) is 14.0. The van der Waals surface area contributed by atoms with Crippen LogP contribution in [0.3, 0.4) is 0 Å². The maximum atomic E-state index is 13.3. The van der Waals surface area contributed by atoms with E-state index in [1.54, 1.807) is 13.8 Å². The van der Waals surface area contributed by atoms with Crippen LogP contribution >= 0.6 is 10.0 Å². The van der Waals surface area contributed by atoms with E-state index in [4.69, 9.17) is 0 Å². The Balaban J connectivity index is 1.54. The SMILES string of the molecule is CC1(C)c2[nH]nc(NC(=O)C3(S(C)(C)C)CCC3)c2CN1C(=O)Nc1ccccc1OC(F)(F)F. The average Bonchev–Trinajstić information content (AvgIpc) is 3.18. The highest BCUT2D eigenvalue weighted by Crippen LogP contribution is 2.60. The number of H-pyrrole nitrogens is 1. The van der Waals surface area contributed by atoms with Crippen LogP contribution in [0.25, 0.3) is 0 Å². The van der Waals surface area contributed by atoms with Gasteiger partial charge in [0.15, 0.2) is 11.6 Å².